The number of hydrogen-bond acceptors (Lipinski definition) is 2. The van der Waals surface area contributed by atoms with Crippen LogP contribution in [0.3, 0.4) is 0 Å². The summed E-state index contributed by atoms with van der Waals surface area (Å²) in [5.74, 6) is 0. The van der Waals surface area contributed by atoms with Crippen LogP contribution in [0.15, 0.2) is 77.7 Å². The smallest absolute Gasteiger partial charge is 0.225 e. The van der Waals surface area contributed by atoms with E-state index in [9.17, 15) is 8.42 Å². The first kappa shape index (κ1) is 15.5. The van der Waals surface area contributed by atoms with Crippen molar-refractivity contribution in [2.24, 2.45) is 5.14 Å². The molecule has 0 atom stereocenters. The zero-order valence-electron chi connectivity index (χ0n) is 12.7. The van der Waals surface area contributed by atoms with Gasteiger partial charge in [0.15, 0.2) is 0 Å². The minimum absolute atomic E-state index is 0.146. The van der Waals surface area contributed by atoms with Crippen molar-refractivity contribution < 1.29 is 8.42 Å². The normalized spacial score (nSPS) is 11.4. The topological polar surface area (TPSA) is 60.2 Å². The van der Waals surface area contributed by atoms with Crippen LogP contribution >= 0.6 is 0 Å². The third-order valence-corrected chi connectivity index (χ3v) is 4.76. The van der Waals surface area contributed by atoms with Gasteiger partial charge in [-0.05, 0) is 35.2 Å². The highest BCUT2D eigenvalue weighted by Crippen LogP contribution is 2.38. The van der Waals surface area contributed by atoms with Crippen LogP contribution in [0.25, 0.3) is 22.3 Å². The Morgan fingerprint density at radius 1 is 0.696 bits per heavy atom. The molecule has 0 fully saturated rings. The first-order chi connectivity index (χ1) is 11.0. The molecule has 0 aliphatic rings. The second kappa shape index (κ2) is 5.99. The largest absolute Gasteiger partial charge is 0.238 e. The van der Waals surface area contributed by atoms with Crippen LogP contribution in [-0.2, 0) is 10.0 Å². The van der Waals surface area contributed by atoms with Crippen LogP contribution in [0.1, 0.15) is 5.56 Å². The predicted octanol–water partition coefficient (Wildman–Crippen LogP) is 3.98. The van der Waals surface area contributed by atoms with Crippen molar-refractivity contribution in [2.45, 2.75) is 11.8 Å². The lowest BCUT2D eigenvalue weighted by Crippen LogP contribution is -2.14. The molecule has 23 heavy (non-hydrogen) atoms. The van der Waals surface area contributed by atoms with Gasteiger partial charge in [0.2, 0.25) is 10.0 Å². The molecule has 0 saturated heterocycles. The molecule has 116 valence electrons. The lowest BCUT2D eigenvalue weighted by atomic mass is 9.91. The molecule has 3 nitrogen and oxygen atoms in total. The number of primary sulfonamides is 1. The molecule has 0 saturated carbocycles. The molecule has 0 aliphatic heterocycles. The van der Waals surface area contributed by atoms with E-state index in [4.69, 9.17) is 5.14 Å². The minimum Gasteiger partial charge on any atom is -0.225 e. The zero-order chi connectivity index (χ0) is 16.4. The summed E-state index contributed by atoms with van der Waals surface area (Å²) in [6.07, 6.45) is 0. The Hall–Kier alpha value is -2.43. The van der Waals surface area contributed by atoms with E-state index in [-0.39, 0.29) is 4.90 Å². The summed E-state index contributed by atoms with van der Waals surface area (Å²) >= 11 is 0. The Labute approximate surface area is 136 Å². The average Bonchev–Trinajstić information content (AvgIpc) is 2.55. The molecule has 0 unspecified atom stereocenters. The SMILES string of the molecule is Cc1ccc(S(N)(=O)=O)c(-c2ccccc2)c1-c1ccccc1. The summed E-state index contributed by atoms with van der Waals surface area (Å²) in [7, 11) is -3.83. The van der Waals surface area contributed by atoms with Crippen molar-refractivity contribution in [1.29, 1.82) is 0 Å². The van der Waals surface area contributed by atoms with Gasteiger partial charge < -0.3 is 0 Å². The second-order valence-corrected chi connectivity index (χ2v) is 6.94. The van der Waals surface area contributed by atoms with E-state index in [1.54, 1.807) is 12.1 Å². The molecular weight excluding hydrogens is 306 g/mol. The Balaban J connectivity index is 2.44. The molecular formula is C19H17NO2S. The van der Waals surface area contributed by atoms with Crippen molar-refractivity contribution in [2.75, 3.05) is 0 Å². The van der Waals surface area contributed by atoms with Crippen LogP contribution in [0.4, 0.5) is 0 Å². The van der Waals surface area contributed by atoms with Gasteiger partial charge in [0, 0.05) is 5.56 Å². The highest BCUT2D eigenvalue weighted by Gasteiger charge is 2.21. The van der Waals surface area contributed by atoms with Gasteiger partial charge in [0.05, 0.1) is 4.90 Å². The summed E-state index contributed by atoms with van der Waals surface area (Å²) in [6.45, 7) is 1.97. The maximum atomic E-state index is 12.1. The van der Waals surface area contributed by atoms with E-state index >= 15 is 0 Å². The number of aryl methyl sites for hydroxylation is 1. The minimum atomic E-state index is -3.83. The number of nitrogens with two attached hydrogens (primary N) is 1. The monoisotopic (exact) mass is 323 g/mol. The fraction of sp³-hybridized carbons (Fsp3) is 0.0526. The number of rotatable bonds is 3. The van der Waals surface area contributed by atoms with E-state index in [2.05, 4.69) is 0 Å². The Morgan fingerprint density at radius 2 is 1.17 bits per heavy atom. The third kappa shape index (κ3) is 3.04. The van der Waals surface area contributed by atoms with Gasteiger partial charge in [-0.3, -0.25) is 0 Å². The fourth-order valence-corrected chi connectivity index (χ4v) is 3.56. The molecule has 0 heterocycles. The van der Waals surface area contributed by atoms with Crippen molar-refractivity contribution in [3.05, 3.63) is 78.4 Å². The van der Waals surface area contributed by atoms with Crippen molar-refractivity contribution in [3.63, 3.8) is 0 Å². The molecule has 0 aliphatic carbocycles. The lowest BCUT2D eigenvalue weighted by Gasteiger charge is -2.17. The van der Waals surface area contributed by atoms with Gasteiger partial charge in [-0.25, -0.2) is 13.6 Å². The molecule has 3 aromatic carbocycles. The van der Waals surface area contributed by atoms with Crippen molar-refractivity contribution in [1.82, 2.24) is 0 Å². The van der Waals surface area contributed by atoms with E-state index < -0.39 is 10.0 Å². The van der Waals surface area contributed by atoms with E-state index in [1.807, 2.05) is 67.6 Å². The number of sulfonamides is 1. The molecule has 0 aromatic heterocycles. The maximum Gasteiger partial charge on any atom is 0.238 e. The van der Waals surface area contributed by atoms with Gasteiger partial charge in [-0.1, -0.05) is 66.7 Å². The average molecular weight is 323 g/mol. The van der Waals surface area contributed by atoms with E-state index in [0.717, 1.165) is 22.3 Å². The van der Waals surface area contributed by atoms with Crippen molar-refractivity contribution >= 4 is 10.0 Å². The number of benzene rings is 3. The van der Waals surface area contributed by atoms with Crippen LogP contribution in [0.5, 0.6) is 0 Å². The van der Waals surface area contributed by atoms with E-state index in [1.165, 1.54) is 0 Å². The standard InChI is InChI=1S/C19H17NO2S/c1-14-12-13-17(23(20,21)22)19(16-10-6-3-7-11-16)18(14)15-8-4-2-5-9-15/h2-13H,1H3,(H2,20,21,22). The molecule has 0 spiro atoms. The van der Waals surface area contributed by atoms with E-state index in [0.29, 0.717) is 5.56 Å². The summed E-state index contributed by atoms with van der Waals surface area (Å²) in [5, 5.41) is 5.46. The first-order valence-corrected chi connectivity index (χ1v) is 8.80. The highest BCUT2D eigenvalue weighted by molar-refractivity contribution is 7.89. The fourth-order valence-electron chi connectivity index (χ4n) is 2.79. The predicted molar refractivity (Wildman–Crippen MR) is 93.4 cm³/mol. The summed E-state index contributed by atoms with van der Waals surface area (Å²) < 4.78 is 24.2. The summed E-state index contributed by atoms with van der Waals surface area (Å²) in [5.41, 5.74) is 4.35. The van der Waals surface area contributed by atoms with Gasteiger partial charge in [0.25, 0.3) is 0 Å². The van der Waals surface area contributed by atoms with Gasteiger partial charge in [-0.15, -0.1) is 0 Å². The lowest BCUT2D eigenvalue weighted by molar-refractivity contribution is 0.598. The quantitative estimate of drug-likeness (QED) is 0.792. The van der Waals surface area contributed by atoms with Crippen LogP contribution in [0, 0.1) is 6.92 Å². The number of hydrogen-bond donors (Lipinski definition) is 1. The Bertz CT molecular complexity index is 934. The van der Waals surface area contributed by atoms with Gasteiger partial charge >= 0.3 is 0 Å². The first-order valence-electron chi connectivity index (χ1n) is 7.26. The van der Waals surface area contributed by atoms with Gasteiger partial charge in [-0.2, -0.15) is 0 Å². The van der Waals surface area contributed by atoms with Crippen LogP contribution in [-0.4, -0.2) is 8.42 Å². The summed E-state index contributed by atoms with van der Waals surface area (Å²) in [6, 6.07) is 22.6. The molecule has 3 aromatic rings. The molecule has 0 amide bonds. The summed E-state index contributed by atoms with van der Waals surface area (Å²) in [4.78, 5) is 0.146. The Morgan fingerprint density at radius 3 is 1.65 bits per heavy atom. The highest BCUT2D eigenvalue weighted by atomic mass is 32.2. The second-order valence-electron chi connectivity index (χ2n) is 5.41. The zero-order valence-corrected chi connectivity index (χ0v) is 13.5. The molecule has 0 radical (unpaired) electrons. The van der Waals surface area contributed by atoms with Crippen LogP contribution in [0.2, 0.25) is 0 Å². The molecule has 4 heteroatoms. The Kier molecular flexibility index (Phi) is 4.03. The molecule has 2 N–H and O–H groups in total. The third-order valence-electron chi connectivity index (χ3n) is 3.81. The maximum absolute atomic E-state index is 12.1. The van der Waals surface area contributed by atoms with Gasteiger partial charge in [0.1, 0.15) is 0 Å². The van der Waals surface area contributed by atoms with Crippen LogP contribution < -0.4 is 5.14 Å². The van der Waals surface area contributed by atoms with Crippen molar-refractivity contribution in [3.8, 4) is 22.3 Å². The molecule has 3 rings (SSSR count). The molecule has 0 bridgehead atoms.